The Morgan fingerprint density at radius 2 is 2.42 bits per heavy atom. The van der Waals surface area contributed by atoms with E-state index in [1.807, 2.05) is 0 Å². The van der Waals surface area contributed by atoms with Crippen LogP contribution in [-0.2, 0) is 9.84 Å². The fraction of sp³-hybridized carbons (Fsp3) is 0.500. The molecule has 0 saturated heterocycles. The van der Waals surface area contributed by atoms with Gasteiger partial charge in [-0.1, -0.05) is 29.9 Å². The van der Waals surface area contributed by atoms with Gasteiger partial charge < -0.3 is 0 Å². The van der Waals surface area contributed by atoms with Gasteiger partial charge in [0.05, 0.1) is 12.3 Å². The molecule has 0 bridgehead atoms. The Hall–Kier alpha value is -0.000000000000000111. The molecule has 0 spiro atoms. The maximum Gasteiger partial charge on any atom is 0.206 e. The number of rotatable bonds is 2. The van der Waals surface area contributed by atoms with Crippen LogP contribution in [0.4, 0.5) is 0 Å². The molecular formula is C6H8ClNO2S2. The third kappa shape index (κ3) is 2.50. The van der Waals surface area contributed by atoms with Crippen LogP contribution in [0.5, 0.6) is 0 Å². The van der Waals surface area contributed by atoms with E-state index < -0.39 is 9.84 Å². The predicted octanol–water partition coefficient (Wildman–Crippen LogP) is 1.26. The second-order valence-electron chi connectivity index (χ2n) is 2.27. The number of aliphatic imine (C=N–C) groups is 1. The van der Waals surface area contributed by atoms with Crippen molar-refractivity contribution >= 4 is 37.6 Å². The minimum absolute atomic E-state index is 0.130. The predicted molar refractivity (Wildman–Crippen MR) is 53.5 cm³/mol. The van der Waals surface area contributed by atoms with Crippen molar-refractivity contribution < 1.29 is 8.42 Å². The summed E-state index contributed by atoms with van der Waals surface area (Å²) in [6, 6.07) is 0. The van der Waals surface area contributed by atoms with E-state index in [0.717, 1.165) is 5.75 Å². The highest BCUT2D eigenvalue weighted by Crippen LogP contribution is 2.19. The van der Waals surface area contributed by atoms with Crippen molar-refractivity contribution in [1.82, 2.24) is 0 Å². The van der Waals surface area contributed by atoms with Gasteiger partial charge in [0.15, 0.2) is 4.38 Å². The molecule has 1 heterocycles. The molecule has 1 aliphatic heterocycles. The number of hydrogen-bond donors (Lipinski definition) is 0. The Labute approximate surface area is 80.8 Å². The lowest BCUT2D eigenvalue weighted by Crippen LogP contribution is -2.13. The van der Waals surface area contributed by atoms with Gasteiger partial charge in [-0.25, -0.2) is 8.42 Å². The zero-order valence-electron chi connectivity index (χ0n) is 6.29. The lowest BCUT2D eigenvalue weighted by molar-refractivity contribution is 0.610. The van der Waals surface area contributed by atoms with Crippen molar-refractivity contribution in [2.24, 2.45) is 4.99 Å². The van der Waals surface area contributed by atoms with Crippen LogP contribution in [-0.4, -0.2) is 30.8 Å². The first-order valence-corrected chi connectivity index (χ1v) is 6.27. The summed E-state index contributed by atoms with van der Waals surface area (Å²) in [4.78, 5) is 3.85. The number of nitrogens with zero attached hydrogens (tertiary/aromatic N) is 1. The van der Waals surface area contributed by atoms with E-state index in [4.69, 9.17) is 11.6 Å². The molecule has 0 aliphatic carbocycles. The fourth-order valence-corrected chi connectivity index (χ4v) is 3.71. The van der Waals surface area contributed by atoms with E-state index in [9.17, 15) is 8.42 Å². The zero-order chi connectivity index (χ0) is 9.19. The normalized spacial score (nSPS) is 17.6. The standard InChI is InChI=1S/C6H8ClNO2S2/c1-5(7)4-12(9,10)6-8-2-3-11-6/h1-4H2. The van der Waals surface area contributed by atoms with E-state index in [1.54, 1.807) is 0 Å². The highest BCUT2D eigenvalue weighted by atomic mass is 35.5. The molecule has 0 N–H and O–H groups in total. The molecule has 0 aromatic rings. The molecule has 0 atom stereocenters. The van der Waals surface area contributed by atoms with E-state index >= 15 is 0 Å². The van der Waals surface area contributed by atoms with Crippen molar-refractivity contribution in [3.8, 4) is 0 Å². The Bertz CT molecular complexity index is 320. The number of sulfone groups is 1. The van der Waals surface area contributed by atoms with Gasteiger partial charge >= 0.3 is 0 Å². The second-order valence-corrected chi connectivity index (χ2v) is 6.05. The lowest BCUT2D eigenvalue weighted by Gasteiger charge is -1.99. The molecule has 12 heavy (non-hydrogen) atoms. The minimum atomic E-state index is -3.28. The van der Waals surface area contributed by atoms with Crippen LogP contribution in [0.2, 0.25) is 0 Å². The Morgan fingerprint density at radius 1 is 1.75 bits per heavy atom. The smallest absolute Gasteiger partial charge is 0.206 e. The van der Waals surface area contributed by atoms with Crippen LogP contribution in [0.1, 0.15) is 0 Å². The van der Waals surface area contributed by atoms with Gasteiger partial charge in [-0.05, 0) is 0 Å². The Kier molecular flexibility index (Phi) is 3.20. The second kappa shape index (κ2) is 3.81. The maximum atomic E-state index is 11.3. The van der Waals surface area contributed by atoms with Gasteiger partial charge in [0.1, 0.15) is 0 Å². The van der Waals surface area contributed by atoms with Gasteiger partial charge in [-0.3, -0.25) is 4.99 Å². The van der Waals surface area contributed by atoms with Gasteiger partial charge in [0.2, 0.25) is 9.84 Å². The molecule has 0 saturated carbocycles. The lowest BCUT2D eigenvalue weighted by atomic mass is 10.7. The van der Waals surface area contributed by atoms with Crippen LogP contribution in [0, 0.1) is 0 Å². The topological polar surface area (TPSA) is 46.5 Å². The van der Waals surface area contributed by atoms with Crippen molar-refractivity contribution in [2.45, 2.75) is 0 Å². The zero-order valence-corrected chi connectivity index (χ0v) is 8.68. The van der Waals surface area contributed by atoms with E-state index in [0.29, 0.717) is 6.54 Å². The molecule has 0 unspecified atom stereocenters. The average molecular weight is 226 g/mol. The Morgan fingerprint density at radius 3 is 2.83 bits per heavy atom. The largest absolute Gasteiger partial charge is 0.267 e. The molecule has 1 aliphatic rings. The van der Waals surface area contributed by atoms with E-state index in [1.165, 1.54) is 11.8 Å². The van der Waals surface area contributed by atoms with E-state index in [-0.39, 0.29) is 15.2 Å². The van der Waals surface area contributed by atoms with Gasteiger partial charge in [0, 0.05) is 10.8 Å². The third-order valence-corrected chi connectivity index (χ3v) is 4.73. The molecule has 6 heteroatoms. The third-order valence-electron chi connectivity index (χ3n) is 1.17. The molecule has 1 rings (SSSR count). The molecule has 0 aromatic heterocycles. The Balaban J connectivity index is 2.78. The number of hydrogen-bond acceptors (Lipinski definition) is 4. The highest BCUT2D eigenvalue weighted by Gasteiger charge is 2.23. The molecule has 68 valence electrons. The number of thioether (sulfide) groups is 1. The molecule has 0 fully saturated rings. The number of halogens is 1. The molecule has 0 aromatic carbocycles. The van der Waals surface area contributed by atoms with Crippen LogP contribution < -0.4 is 0 Å². The summed E-state index contributed by atoms with van der Waals surface area (Å²) in [5.41, 5.74) is 0. The van der Waals surface area contributed by atoms with Crippen molar-refractivity contribution in [3.63, 3.8) is 0 Å². The summed E-state index contributed by atoms with van der Waals surface area (Å²) in [6.07, 6.45) is 0. The fourth-order valence-electron chi connectivity index (χ4n) is 0.772. The van der Waals surface area contributed by atoms with E-state index in [2.05, 4.69) is 11.6 Å². The van der Waals surface area contributed by atoms with Gasteiger partial charge in [-0.2, -0.15) is 0 Å². The summed E-state index contributed by atoms with van der Waals surface area (Å²) in [7, 11) is -3.28. The summed E-state index contributed by atoms with van der Waals surface area (Å²) < 4.78 is 22.9. The molecule has 3 nitrogen and oxygen atoms in total. The monoisotopic (exact) mass is 225 g/mol. The summed E-state index contributed by atoms with van der Waals surface area (Å²) >= 11 is 6.66. The van der Waals surface area contributed by atoms with Gasteiger partial charge in [-0.15, -0.1) is 0 Å². The first-order chi connectivity index (χ1) is 5.52. The molecule has 0 amide bonds. The first kappa shape index (κ1) is 10.1. The van der Waals surface area contributed by atoms with Crippen LogP contribution >= 0.6 is 23.4 Å². The quantitative estimate of drug-likeness (QED) is 0.711. The first-order valence-electron chi connectivity index (χ1n) is 3.25. The van der Waals surface area contributed by atoms with Gasteiger partial charge in [0.25, 0.3) is 0 Å². The van der Waals surface area contributed by atoms with Crippen molar-refractivity contribution in [3.05, 3.63) is 11.6 Å². The summed E-state index contributed by atoms with van der Waals surface area (Å²) in [5.74, 6) is 0.531. The van der Waals surface area contributed by atoms with Crippen LogP contribution in [0.3, 0.4) is 0 Å². The minimum Gasteiger partial charge on any atom is -0.267 e. The molecule has 0 radical (unpaired) electrons. The summed E-state index contributed by atoms with van der Waals surface area (Å²) in [5, 5.41) is 0.130. The SMILES string of the molecule is C=C(Cl)CS(=O)(=O)C1=NCCS1. The molecular weight excluding hydrogens is 218 g/mol. The summed E-state index contributed by atoms with van der Waals surface area (Å²) in [6.45, 7) is 3.91. The van der Waals surface area contributed by atoms with Crippen molar-refractivity contribution in [2.75, 3.05) is 18.1 Å². The maximum absolute atomic E-state index is 11.3. The van der Waals surface area contributed by atoms with Crippen LogP contribution in [0.15, 0.2) is 16.6 Å². The average Bonchev–Trinajstić information content (AvgIpc) is 2.32. The van der Waals surface area contributed by atoms with Crippen LogP contribution in [0.25, 0.3) is 0 Å². The van der Waals surface area contributed by atoms with Crippen molar-refractivity contribution in [1.29, 1.82) is 0 Å². The highest BCUT2D eigenvalue weighted by molar-refractivity contribution is 8.35.